The molecule has 0 aliphatic carbocycles. The molecule has 1 fully saturated rings. The summed E-state index contributed by atoms with van der Waals surface area (Å²) in [7, 11) is 0. The van der Waals surface area contributed by atoms with Crippen LogP contribution in [0.15, 0.2) is 12.3 Å². The molecule has 1 aliphatic heterocycles. The SMILES string of the molecule is CC1(C)COCCN1c1ncc(N)cc1C#N. The van der Waals surface area contributed by atoms with E-state index in [-0.39, 0.29) is 5.54 Å². The van der Waals surface area contributed by atoms with Crippen molar-refractivity contribution in [2.75, 3.05) is 30.4 Å². The third-order valence-corrected chi connectivity index (χ3v) is 2.91. The second-order valence-electron chi connectivity index (χ2n) is 4.77. The molecule has 1 aromatic rings. The monoisotopic (exact) mass is 232 g/mol. The van der Waals surface area contributed by atoms with Crippen LogP contribution in [0.3, 0.4) is 0 Å². The fourth-order valence-corrected chi connectivity index (χ4v) is 2.02. The van der Waals surface area contributed by atoms with Gasteiger partial charge in [0.1, 0.15) is 11.9 Å². The zero-order valence-electron chi connectivity index (χ0n) is 10.1. The number of rotatable bonds is 1. The van der Waals surface area contributed by atoms with Crippen LogP contribution in [0.1, 0.15) is 19.4 Å². The molecular weight excluding hydrogens is 216 g/mol. The van der Waals surface area contributed by atoms with Crippen LogP contribution in [0.25, 0.3) is 0 Å². The van der Waals surface area contributed by atoms with E-state index >= 15 is 0 Å². The molecular formula is C12H16N4O. The molecule has 5 nitrogen and oxygen atoms in total. The van der Waals surface area contributed by atoms with Crippen molar-refractivity contribution in [1.82, 2.24) is 4.98 Å². The minimum atomic E-state index is -0.160. The Bertz CT molecular complexity index is 464. The van der Waals surface area contributed by atoms with Crippen molar-refractivity contribution < 1.29 is 4.74 Å². The third-order valence-electron chi connectivity index (χ3n) is 2.91. The Kier molecular flexibility index (Phi) is 2.90. The van der Waals surface area contributed by atoms with Gasteiger partial charge in [0, 0.05) is 6.54 Å². The van der Waals surface area contributed by atoms with Crippen molar-refractivity contribution >= 4 is 11.5 Å². The Morgan fingerprint density at radius 3 is 3.00 bits per heavy atom. The minimum absolute atomic E-state index is 0.160. The smallest absolute Gasteiger partial charge is 0.147 e. The lowest BCUT2D eigenvalue weighted by Crippen LogP contribution is -2.53. The first kappa shape index (κ1) is 11.7. The number of ether oxygens (including phenoxy) is 1. The minimum Gasteiger partial charge on any atom is -0.397 e. The van der Waals surface area contributed by atoms with Crippen LogP contribution < -0.4 is 10.6 Å². The highest BCUT2D eigenvalue weighted by molar-refractivity contribution is 5.60. The largest absolute Gasteiger partial charge is 0.397 e. The van der Waals surface area contributed by atoms with Gasteiger partial charge in [0.2, 0.25) is 0 Å². The summed E-state index contributed by atoms with van der Waals surface area (Å²) in [6, 6.07) is 3.81. The van der Waals surface area contributed by atoms with Gasteiger partial charge in [-0.25, -0.2) is 4.98 Å². The van der Waals surface area contributed by atoms with E-state index in [2.05, 4.69) is 29.8 Å². The van der Waals surface area contributed by atoms with Crippen LogP contribution in [0.2, 0.25) is 0 Å². The van der Waals surface area contributed by atoms with Gasteiger partial charge in [0.25, 0.3) is 0 Å². The number of hydrogen-bond donors (Lipinski definition) is 1. The summed E-state index contributed by atoms with van der Waals surface area (Å²) in [6.45, 7) is 6.17. The van der Waals surface area contributed by atoms with E-state index in [1.807, 2.05) is 0 Å². The van der Waals surface area contributed by atoms with Crippen molar-refractivity contribution in [2.24, 2.45) is 0 Å². The van der Waals surface area contributed by atoms with Crippen LogP contribution in [0.5, 0.6) is 0 Å². The molecule has 0 saturated carbocycles. The van der Waals surface area contributed by atoms with Gasteiger partial charge in [-0.1, -0.05) is 0 Å². The Balaban J connectivity index is 2.42. The van der Waals surface area contributed by atoms with Crippen molar-refractivity contribution in [3.8, 4) is 6.07 Å². The first-order valence-electron chi connectivity index (χ1n) is 5.55. The number of pyridine rings is 1. The zero-order chi connectivity index (χ0) is 12.5. The van der Waals surface area contributed by atoms with E-state index in [1.165, 1.54) is 0 Å². The van der Waals surface area contributed by atoms with Crippen molar-refractivity contribution in [3.63, 3.8) is 0 Å². The lowest BCUT2D eigenvalue weighted by Gasteiger charge is -2.43. The first-order chi connectivity index (χ1) is 8.04. The highest BCUT2D eigenvalue weighted by Gasteiger charge is 2.32. The summed E-state index contributed by atoms with van der Waals surface area (Å²) in [5, 5.41) is 9.14. The average molecular weight is 232 g/mol. The summed E-state index contributed by atoms with van der Waals surface area (Å²) in [4.78, 5) is 6.40. The van der Waals surface area contributed by atoms with Crippen LogP contribution >= 0.6 is 0 Å². The molecule has 2 heterocycles. The fraction of sp³-hybridized carbons (Fsp3) is 0.500. The quantitative estimate of drug-likeness (QED) is 0.786. The van der Waals surface area contributed by atoms with Gasteiger partial charge in [-0.2, -0.15) is 5.26 Å². The fourth-order valence-electron chi connectivity index (χ4n) is 2.02. The zero-order valence-corrected chi connectivity index (χ0v) is 10.1. The van der Waals surface area contributed by atoms with Gasteiger partial charge in [-0.15, -0.1) is 0 Å². The molecule has 0 amide bonds. The molecule has 1 aromatic heterocycles. The summed E-state index contributed by atoms with van der Waals surface area (Å²) in [5.41, 5.74) is 6.51. The predicted molar refractivity (Wildman–Crippen MR) is 65.6 cm³/mol. The molecule has 2 N–H and O–H groups in total. The maximum Gasteiger partial charge on any atom is 0.147 e. The molecule has 0 unspecified atom stereocenters. The number of nitriles is 1. The van der Waals surface area contributed by atoms with Gasteiger partial charge in [0.15, 0.2) is 0 Å². The van der Waals surface area contributed by atoms with Gasteiger partial charge in [-0.05, 0) is 19.9 Å². The molecule has 5 heteroatoms. The normalized spacial score (nSPS) is 18.8. The Morgan fingerprint density at radius 2 is 2.35 bits per heavy atom. The molecule has 90 valence electrons. The molecule has 0 bridgehead atoms. The van der Waals surface area contributed by atoms with Crippen LogP contribution in [0, 0.1) is 11.3 Å². The molecule has 17 heavy (non-hydrogen) atoms. The van der Waals surface area contributed by atoms with E-state index in [9.17, 15) is 0 Å². The van der Waals surface area contributed by atoms with Crippen LogP contribution in [-0.4, -0.2) is 30.3 Å². The molecule has 1 saturated heterocycles. The lowest BCUT2D eigenvalue weighted by molar-refractivity contribution is 0.0639. The molecule has 1 aliphatic rings. The molecule has 0 spiro atoms. The number of aromatic nitrogens is 1. The highest BCUT2D eigenvalue weighted by atomic mass is 16.5. The predicted octanol–water partition coefficient (Wildman–Crippen LogP) is 1.15. The number of anilines is 2. The third kappa shape index (κ3) is 2.17. The van der Waals surface area contributed by atoms with E-state index in [4.69, 9.17) is 15.7 Å². The van der Waals surface area contributed by atoms with Gasteiger partial charge < -0.3 is 15.4 Å². The van der Waals surface area contributed by atoms with E-state index in [0.717, 1.165) is 6.54 Å². The number of hydrogen-bond acceptors (Lipinski definition) is 5. The summed E-state index contributed by atoms with van der Waals surface area (Å²) < 4.78 is 5.46. The summed E-state index contributed by atoms with van der Waals surface area (Å²) in [5.74, 6) is 0.690. The van der Waals surface area contributed by atoms with Crippen molar-refractivity contribution in [2.45, 2.75) is 19.4 Å². The number of morpholine rings is 1. The second-order valence-corrected chi connectivity index (χ2v) is 4.77. The molecule has 0 aromatic carbocycles. The average Bonchev–Trinajstić information content (AvgIpc) is 2.29. The molecule has 2 rings (SSSR count). The maximum atomic E-state index is 9.14. The van der Waals surface area contributed by atoms with Crippen LogP contribution in [0.4, 0.5) is 11.5 Å². The summed E-state index contributed by atoms with van der Waals surface area (Å²) in [6.07, 6.45) is 1.59. The van der Waals surface area contributed by atoms with Gasteiger partial charge >= 0.3 is 0 Å². The Hall–Kier alpha value is -1.80. The maximum absolute atomic E-state index is 9.14. The standard InChI is InChI=1S/C12H16N4O/c1-12(2)8-17-4-3-16(12)11-9(6-13)5-10(14)7-15-11/h5,7H,3-4,8,14H2,1-2H3. The van der Waals surface area contributed by atoms with E-state index in [0.29, 0.717) is 30.3 Å². The lowest BCUT2D eigenvalue weighted by atomic mass is 10.0. The topological polar surface area (TPSA) is 75.2 Å². The van der Waals surface area contributed by atoms with Crippen LogP contribution in [-0.2, 0) is 4.74 Å². The van der Waals surface area contributed by atoms with Crippen molar-refractivity contribution in [1.29, 1.82) is 5.26 Å². The van der Waals surface area contributed by atoms with E-state index < -0.39 is 0 Å². The van der Waals surface area contributed by atoms with Crippen molar-refractivity contribution in [3.05, 3.63) is 17.8 Å². The van der Waals surface area contributed by atoms with Gasteiger partial charge in [-0.3, -0.25) is 0 Å². The Morgan fingerprint density at radius 1 is 1.59 bits per heavy atom. The first-order valence-corrected chi connectivity index (χ1v) is 5.55. The summed E-state index contributed by atoms with van der Waals surface area (Å²) >= 11 is 0. The second kappa shape index (κ2) is 4.22. The Labute approximate surface area is 101 Å². The number of nitrogen functional groups attached to an aromatic ring is 1. The number of nitrogens with zero attached hydrogens (tertiary/aromatic N) is 3. The highest BCUT2D eigenvalue weighted by Crippen LogP contribution is 2.28. The van der Waals surface area contributed by atoms with Gasteiger partial charge in [0.05, 0.1) is 36.2 Å². The molecule has 0 atom stereocenters. The van der Waals surface area contributed by atoms with E-state index in [1.54, 1.807) is 12.3 Å². The molecule has 0 radical (unpaired) electrons. The number of nitrogens with two attached hydrogens (primary N) is 1.